The topological polar surface area (TPSA) is 55.1 Å². The summed E-state index contributed by atoms with van der Waals surface area (Å²) in [5.41, 5.74) is 2.00. The number of fused-ring (bicyclic) bond motifs is 6. The van der Waals surface area contributed by atoms with E-state index in [1.165, 1.54) is 44.1 Å². The molecule has 1 N–H and O–H groups in total. The van der Waals surface area contributed by atoms with Gasteiger partial charge < -0.3 is 5.11 Å². The summed E-state index contributed by atoms with van der Waals surface area (Å²) in [6, 6.07) is 6.37. The number of carbonyl (C=O) groups is 1. The molecule has 0 bridgehead atoms. The summed E-state index contributed by atoms with van der Waals surface area (Å²) < 4.78 is 1.94. The Labute approximate surface area is 198 Å². The third-order valence-corrected chi connectivity index (χ3v) is 10.7. The van der Waals surface area contributed by atoms with Crippen LogP contribution in [-0.4, -0.2) is 26.3 Å². The van der Waals surface area contributed by atoms with Gasteiger partial charge in [-0.3, -0.25) is 9.48 Å². The van der Waals surface area contributed by atoms with Crippen LogP contribution in [0.25, 0.3) is 10.9 Å². The number of hydrogen-bond donors (Lipinski definition) is 1. The van der Waals surface area contributed by atoms with Crippen molar-refractivity contribution in [2.24, 2.45) is 40.9 Å². The Hall–Kier alpha value is -1.68. The first-order valence-corrected chi connectivity index (χ1v) is 13.4. The van der Waals surface area contributed by atoms with Crippen LogP contribution >= 0.6 is 0 Å². The molecule has 2 aromatic rings. The maximum Gasteiger partial charge on any atom is 0.157 e. The van der Waals surface area contributed by atoms with Crippen molar-refractivity contribution in [2.45, 2.75) is 90.7 Å². The molecule has 4 fully saturated rings. The van der Waals surface area contributed by atoms with Crippen LogP contribution in [-0.2, 0) is 11.3 Å². The zero-order valence-corrected chi connectivity index (χ0v) is 20.6. The molecule has 1 aromatic heterocycles. The van der Waals surface area contributed by atoms with Gasteiger partial charge in [-0.2, -0.15) is 5.10 Å². The fourth-order valence-corrected chi connectivity index (χ4v) is 9.17. The molecule has 4 aliphatic rings. The van der Waals surface area contributed by atoms with Gasteiger partial charge in [-0.05, 0) is 118 Å². The number of carbonyl (C=O) groups excluding carboxylic acids is 1. The highest BCUT2D eigenvalue weighted by Crippen LogP contribution is 2.64. The van der Waals surface area contributed by atoms with E-state index in [0.29, 0.717) is 18.2 Å². The quantitative estimate of drug-likeness (QED) is 0.633. The van der Waals surface area contributed by atoms with Gasteiger partial charge in [-0.25, -0.2) is 0 Å². The predicted octanol–water partition coefficient (Wildman–Crippen LogP) is 5.93. The molecular formula is C29H40N2O2. The lowest BCUT2D eigenvalue weighted by molar-refractivity contribution is -0.133. The zero-order valence-electron chi connectivity index (χ0n) is 20.6. The van der Waals surface area contributed by atoms with Crippen LogP contribution in [0.5, 0.6) is 0 Å². The highest BCUT2D eigenvalue weighted by atomic mass is 16.3. The molecule has 4 nitrogen and oxygen atoms in total. The Morgan fingerprint density at radius 1 is 1.06 bits per heavy atom. The van der Waals surface area contributed by atoms with Crippen LogP contribution in [0.1, 0.15) is 77.2 Å². The van der Waals surface area contributed by atoms with E-state index in [0.717, 1.165) is 53.8 Å². The van der Waals surface area contributed by atoms with Crippen molar-refractivity contribution in [3.05, 3.63) is 30.0 Å². The first-order chi connectivity index (χ1) is 15.7. The van der Waals surface area contributed by atoms with E-state index in [2.05, 4.69) is 37.1 Å². The summed E-state index contributed by atoms with van der Waals surface area (Å²) in [6.45, 7) is 7.01. The SMILES string of the molecule is Cc1ccc2cnn(CC(=O)[C@H]3CC[C@H]4[C@@H]5CC[C@@H]6C[C@](C)(O)CC[C@@H]6[C@H]5CC[C@]34C)c2c1. The smallest absolute Gasteiger partial charge is 0.157 e. The Balaban J connectivity index is 1.20. The van der Waals surface area contributed by atoms with Crippen LogP contribution in [0.3, 0.4) is 0 Å². The van der Waals surface area contributed by atoms with Gasteiger partial charge >= 0.3 is 0 Å². The van der Waals surface area contributed by atoms with Gasteiger partial charge in [-0.1, -0.05) is 19.1 Å². The van der Waals surface area contributed by atoms with Crippen molar-refractivity contribution >= 4 is 16.7 Å². The van der Waals surface area contributed by atoms with Crippen molar-refractivity contribution in [1.82, 2.24) is 9.78 Å². The average Bonchev–Trinajstić information content (AvgIpc) is 3.33. The number of hydrogen-bond acceptors (Lipinski definition) is 3. The molecule has 0 saturated heterocycles. The number of rotatable bonds is 3. The minimum Gasteiger partial charge on any atom is -0.390 e. The Morgan fingerprint density at radius 2 is 1.88 bits per heavy atom. The molecule has 33 heavy (non-hydrogen) atoms. The second-order valence-electron chi connectivity index (χ2n) is 12.7. The van der Waals surface area contributed by atoms with Gasteiger partial charge in [0.05, 0.1) is 17.3 Å². The number of Topliss-reactive ketones (excluding diaryl/α,β-unsaturated/α-hetero) is 1. The maximum atomic E-state index is 13.7. The minimum atomic E-state index is -0.447. The van der Waals surface area contributed by atoms with Crippen LogP contribution < -0.4 is 0 Å². The first kappa shape index (κ1) is 21.8. The highest BCUT2D eigenvalue weighted by Gasteiger charge is 2.58. The van der Waals surface area contributed by atoms with E-state index in [4.69, 9.17) is 0 Å². The fraction of sp³-hybridized carbons (Fsp3) is 0.724. The summed E-state index contributed by atoms with van der Waals surface area (Å²) >= 11 is 0. The van der Waals surface area contributed by atoms with Gasteiger partial charge in [0.25, 0.3) is 0 Å². The van der Waals surface area contributed by atoms with E-state index in [9.17, 15) is 9.90 Å². The molecule has 0 unspecified atom stereocenters. The van der Waals surface area contributed by atoms with Crippen molar-refractivity contribution in [3.8, 4) is 0 Å². The number of aromatic nitrogens is 2. The van der Waals surface area contributed by atoms with Gasteiger partial charge in [0, 0.05) is 11.3 Å². The van der Waals surface area contributed by atoms with E-state index in [1.807, 2.05) is 17.8 Å². The van der Waals surface area contributed by atoms with E-state index in [-0.39, 0.29) is 11.3 Å². The number of nitrogens with zero attached hydrogens (tertiary/aromatic N) is 2. The van der Waals surface area contributed by atoms with Crippen LogP contribution in [0, 0.1) is 47.8 Å². The van der Waals surface area contributed by atoms with Gasteiger partial charge in [0.1, 0.15) is 6.54 Å². The van der Waals surface area contributed by atoms with Crippen molar-refractivity contribution in [1.29, 1.82) is 0 Å². The van der Waals surface area contributed by atoms with E-state index < -0.39 is 5.60 Å². The monoisotopic (exact) mass is 448 g/mol. The Bertz CT molecular complexity index is 1070. The molecule has 0 radical (unpaired) electrons. The van der Waals surface area contributed by atoms with Crippen LogP contribution in [0.15, 0.2) is 24.4 Å². The number of aryl methyl sites for hydroxylation is 1. The number of aliphatic hydroxyl groups is 1. The van der Waals surface area contributed by atoms with E-state index in [1.54, 1.807) is 0 Å². The minimum absolute atomic E-state index is 0.157. The molecule has 1 aromatic carbocycles. The van der Waals surface area contributed by atoms with E-state index >= 15 is 0 Å². The molecule has 178 valence electrons. The Morgan fingerprint density at radius 3 is 2.73 bits per heavy atom. The number of benzene rings is 1. The molecule has 0 aliphatic heterocycles. The van der Waals surface area contributed by atoms with Crippen molar-refractivity contribution < 1.29 is 9.90 Å². The maximum absolute atomic E-state index is 13.7. The standard InChI is InChI=1S/C29H40N2O2/c1-18-4-5-20-16-30-31(26(20)14-18)17-27(32)25-9-8-24-23-7-6-19-15-28(2,33)12-10-21(19)22(23)11-13-29(24,25)3/h4-5,14,16,19,21-25,33H,6-13,15,17H2,1-3H3/t19-,21+,22-,23-,24+,25-,28-,29+/m1/s1. The van der Waals surface area contributed by atoms with Crippen LogP contribution in [0.4, 0.5) is 0 Å². The first-order valence-electron chi connectivity index (χ1n) is 13.4. The third kappa shape index (κ3) is 3.50. The predicted molar refractivity (Wildman–Crippen MR) is 131 cm³/mol. The van der Waals surface area contributed by atoms with Crippen molar-refractivity contribution in [3.63, 3.8) is 0 Å². The number of ketones is 1. The Kier molecular flexibility index (Phi) is 5.07. The molecular weight excluding hydrogens is 408 g/mol. The van der Waals surface area contributed by atoms with Crippen LogP contribution in [0.2, 0.25) is 0 Å². The van der Waals surface area contributed by atoms with Gasteiger partial charge in [0.2, 0.25) is 0 Å². The molecule has 0 spiro atoms. The molecule has 4 aliphatic carbocycles. The molecule has 1 heterocycles. The van der Waals surface area contributed by atoms with Gasteiger partial charge in [0.15, 0.2) is 5.78 Å². The molecule has 0 amide bonds. The lowest BCUT2D eigenvalue weighted by Crippen LogP contribution is -2.51. The second-order valence-corrected chi connectivity index (χ2v) is 12.7. The lowest BCUT2D eigenvalue weighted by atomic mass is 9.49. The summed E-state index contributed by atoms with van der Waals surface area (Å²) in [7, 11) is 0. The summed E-state index contributed by atoms with van der Waals surface area (Å²) in [5, 5.41) is 16.3. The largest absolute Gasteiger partial charge is 0.390 e. The fourth-order valence-electron chi connectivity index (χ4n) is 9.17. The lowest BCUT2D eigenvalue weighted by Gasteiger charge is -2.56. The third-order valence-electron chi connectivity index (χ3n) is 10.7. The second kappa shape index (κ2) is 7.66. The average molecular weight is 449 g/mol. The van der Waals surface area contributed by atoms with Crippen molar-refractivity contribution in [2.75, 3.05) is 0 Å². The van der Waals surface area contributed by atoms with Gasteiger partial charge in [-0.15, -0.1) is 0 Å². The summed E-state index contributed by atoms with van der Waals surface area (Å²) in [5.74, 6) is 4.41. The molecule has 6 rings (SSSR count). The summed E-state index contributed by atoms with van der Waals surface area (Å²) in [4.78, 5) is 13.7. The summed E-state index contributed by atoms with van der Waals surface area (Å²) in [6.07, 6.45) is 12.4. The molecule has 8 atom stereocenters. The molecule has 4 saturated carbocycles. The zero-order chi connectivity index (χ0) is 23.0. The normalized spacial score (nSPS) is 42.5. The molecule has 4 heteroatoms. The highest BCUT2D eigenvalue weighted by molar-refractivity contribution is 5.85.